The van der Waals surface area contributed by atoms with E-state index in [1.165, 1.54) is 5.56 Å². The Morgan fingerprint density at radius 2 is 2.05 bits per heavy atom. The van der Waals surface area contributed by atoms with Gasteiger partial charge in [0.15, 0.2) is 0 Å². The average Bonchev–Trinajstić information content (AvgIpc) is 3.06. The molecule has 1 N–H and O–H groups in total. The zero-order valence-corrected chi connectivity index (χ0v) is 11.9. The Labute approximate surface area is 122 Å². The lowest BCUT2D eigenvalue weighted by Crippen LogP contribution is -1.99. The molecule has 1 aromatic carbocycles. The van der Waals surface area contributed by atoms with Gasteiger partial charge in [-0.3, -0.25) is 4.68 Å². The van der Waals surface area contributed by atoms with Crippen molar-refractivity contribution in [1.29, 1.82) is 0 Å². The van der Waals surface area contributed by atoms with Crippen LogP contribution in [0, 0.1) is 0 Å². The van der Waals surface area contributed by atoms with Crippen LogP contribution in [0.25, 0.3) is 11.3 Å². The summed E-state index contributed by atoms with van der Waals surface area (Å²) in [7, 11) is 0. The predicted molar refractivity (Wildman–Crippen MR) is 79.7 cm³/mol. The minimum atomic E-state index is 0.570. The molecule has 0 fully saturated rings. The van der Waals surface area contributed by atoms with Crippen molar-refractivity contribution in [2.45, 2.75) is 19.9 Å². The number of rotatable bonds is 4. The molecule has 0 saturated carbocycles. The highest BCUT2D eigenvalue weighted by Crippen LogP contribution is 2.25. The minimum Gasteiger partial charge on any atom is -0.333 e. The first kappa shape index (κ1) is 12.9. The molecule has 102 valence electrons. The van der Waals surface area contributed by atoms with Gasteiger partial charge in [0.2, 0.25) is 0 Å². The quantitative estimate of drug-likeness (QED) is 0.797. The Bertz CT molecular complexity index is 700. The van der Waals surface area contributed by atoms with Gasteiger partial charge in [-0.1, -0.05) is 48.9 Å². The molecule has 2 aromatic heterocycles. The summed E-state index contributed by atoms with van der Waals surface area (Å²) in [6.07, 6.45) is 4.59. The van der Waals surface area contributed by atoms with Crippen LogP contribution in [0.5, 0.6) is 0 Å². The van der Waals surface area contributed by atoms with Crippen LogP contribution in [-0.4, -0.2) is 19.7 Å². The Kier molecular flexibility index (Phi) is 3.56. The van der Waals surface area contributed by atoms with Crippen molar-refractivity contribution in [3.05, 3.63) is 59.3 Å². The van der Waals surface area contributed by atoms with Crippen LogP contribution in [-0.2, 0) is 13.0 Å². The number of H-pyrrole nitrogens is 1. The summed E-state index contributed by atoms with van der Waals surface area (Å²) >= 11 is 6.17. The van der Waals surface area contributed by atoms with Gasteiger partial charge in [-0.15, -0.1) is 0 Å². The topological polar surface area (TPSA) is 46.5 Å². The summed E-state index contributed by atoms with van der Waals surface area (Å²) in [5.74, 6) is 0.890. The highest BCUT2D eigenvalue weighted by Gasteiger charge is 2.11. The zero-order chi connectivity index (χ0) is 13.9. The van der Waals surface area contributed by atoms with Gasteiger partial charge < -0.3 is 4.98 Å². The van der Waals surface area contributed by atoms with Crippen LogP contribution in [0.1, 0.15) is 18.3 Å². The number of benzene rings is 1. The Balaban J connectivity index is 1.84. The molecule has 0 amide bonds. The van der Waals surface area contributed by atoms with E-state index >= 15 is 0 Å². The number of nitrogens with zero attached hydrogens (tertiary/aromatic N) is 3. The van der Waals surface area contributed by atoms with Crippen molar-refractivity contribution in [2.75, 3.05) is 0 Å². The van der Waals surface area contributed by atoms with Crippen molar-refractivity contribution >= 4 is 11.6 Å². The fraction of sp³-hybridized carbons (Fsp3) is 0.200. The Morgan fingerprint density at radius 1 is 1.25 bits per heavy atom. The summed E-state index contributed by atoms with van der Waals surface area (Å²) in [5.41, 5.74) is 2.91. The van der Waals surface area contributed by atoms with Crippen LogP contribution in [0.15, 0.2) is 42.7 Å². The number of nitrogens with one attached hydrogen (secondary N) is 1. The maximum Gasteiger partial charge on any atom is 0.134 e. The van der Waals surface area contributed by atoms with E-state index in [2.05, 4.69) is 27.2 Å². The van der Waals surface area contributed by atoms with Gasteiger partial charge in [-0.05, 0) is 5.56 Å². The van der Waals surface area contributed by atoms with Crippen molar-refractivity contribution in [1.82, 2.24) is 19.7 Å². The van der Waals surface area contributed by atoms with E-state index < -0.39 is 0 Å². The number of aromatic nitrogens is 4. The van der Waals surface area contributed by atoms with Crippen LogP contribution < -0.4 is 0 Å². The second kappa shape index (κ2) is 5.51. The molecule has 4 nitrogen and oxygen atoms in total. The second-order valence-corrected chi connectivity index (χ2v) is 4.99. The molecule has 2 heterocycles. The average molecular weight is 287 g/mol. The van der Waals surface area contributed by atoms with Gasteiger partial charge in [0.25, 0.3) is 0 Å². The van der Waals surface area contributed by atoms with Gasteiger partial charge in [-0.25, -0.2) is 4.98 Å². The maximum atomic E-state index is 6.17. The zero-order valence-electron chi connectivity index (χ0n) is 11.2. The van der Waals surface area contributed by atoms with Gasteiger partial charge in [-0.2, -0.15) is 5.10 Å². The molecule has 0 saturated heterocycles. The molecule has 0 bridgehead atoms. The fourth-order valence-electron chi connectivity index (χ4n) is 2.10. The smallest absolute Gasteiger partial charge is 0.134 e. The number of hydrogen-bond acceptors (Lipinski definition) is 2. The lowest BCUT2D eigenvalue weighted by Gasteiger charge is -2.00. The van der Waals surface area contributed by atoms with Gasteiger partial charge in [0.1, 0.15) is 16.7 Å². The molecule has 5 heteroatoms. The van der Waals surface area contributed by atoms with Gasteiger partial charge >= 0.3 is 0 Å². The lowest BCUT2D eigenvalue weighted by atomic mass is 10.2. The SMILES string of the molecule is CCc1nc(-c2cnn(Cc3ccccc3)c2)c(Cl)[nH]1. The molecule has 0 aliphatic rings. The summed E-state index contributed by atoms with van der Waals surface area (Å²) < 4.78 is 1.89. The fourth-order valence-corrected chi connectivity index (χ4v) is 2.36. The Morgan fingerprint density at radius 3 is 2.75 bits per heavy atom. The highest BCUT2D eigenvalue weighted by atomic mass is 35.5. The third-order valence-electron chi connectivity index (χ3n) is 3.14. The van der Waals surface area contributed by atoms with Crippen molar-refractivity contribution in [3.8, 4) is 11.3 Å². The molecular weight excluding hydrogens is 272 g/mol. The molecule has 0 radical (unpaired) electrons. The van der Waals surface area contributed by atoms with E-state index in [0.29, 0.717) is 5.15 Å². The van der Waals surface area contributed by atoms with Crippen LogP contribution in [0.3, 0.4) is 0 Å². The summed E-state index contributed by atoms with van der Waals surface area (Å²) in [6.45, 7) is 2.78. The normalized spacial score (nSPS) is 10.9. The van der Waals surface area contributed by atoms with E-state index in [0.717, 1.165) is 30.0 Å². The summed E-state index contributed by atoms with van der Waals surface area (Å²) in [4.78, 5) is 7.55. The standard InChI is InChI=1S/C15H15ClN4/c1-2-13-18-14(15(16)19-13)12-8-17-20(10-12)9-11-6-4-3-5-7-11/h3-8,10H,2,9H2,1H3,(H,18,19). The van der Waals surface area contributed by atoms with E-state index in [9.17, 15) is 0 Å². The monoisotopic (exact) mass is 286 g/mol. The van der Waals surface area contributed by atoms with Gasteiger partial charge in [0.05, 0.1) is 12.7 Å². The summed E-state index contributed by atoms with van der Waals surface area (Å²) in [6, 6.07) is 10.2. The maximum absolute atomic E-state index is 6.17. The molecule has 20 heavy (non-hydrogen) atoms. The molecule has 0 unspecified atom stereocenters. The van der Waals surface area contributed by atoms with Crippen LogP contribution >= 0.6 is 11.6 Å². The number of imidazole rings is 1. The summed E-state index contributed by atoms with van der Waals surface area (Å²) in [5, 5.41) is 4.94. The number of aryl methyl sites for hydroxylation is 1. The van der Waals surface area contributed by atoms with E-state index in [1.807, 2.05) is 36.0 Å². The molecule has 0 spiro atoms. The van der Waals surface area contributed by atoms with E-state index in [-0.39, 0.29) is 0 Å². The number of aromatic amines is 1. The minimum absolute atomic E-state index is 0.570. The van der Waals surface area contributed by atoms with Crippen LogP contribution in [0.4, 0.5) is 0 Å². The lowest BCUT2D eigenvalue weighted by molar-refractivity contribution is 0.687. The third-order valence-corrected chi connectivity index (χ3v) is 3.41. The molecular formula is C15H15ClN4. The molecule has 0 aliphatic carbocycles. The second-order valence-electron chi connectivity index (χ2n) is 4.61. The van der Waals surface area contributed by atoms with Gasteiger partial charge in [0, 0.05) is 18.2 Å². The highest BCUT2D eigenvalue weighted by molar-refractivity contribution is 6.31. The van der Waals surface area contributed by atoms with Crippen LogP contribution in [0.2, 0.25) is 5.15 Å². The first-order valence-electron chi connectivity index (χ1n) is 6.57. The van der Waals surface area contributed by atoms with Crippen molar-refractivity contribution < 1.29 is 0 Å². The number of halogens is 1. The molecule has 3 aromatic rings. The first-order valence-corrected chi connectivity index (χ1v) is 6.95. The molecule has 0 atom stereocenters. The molecule has 0 aliphatic heterocycles. The van der Waals surface area contributed by atoms with Crippen molar-refractivity contribution in [2.24, 2.45) is 0 Å². The Hall–Kier alpha value is -2.07. The number of hydrogen-bond donors (Lipinski definition) is 1. The van der Waals surface area contributed by atoms with Crippen molar-refractivity contribution in [3.63, 3.8) is 0 Å². The van der Waals surface area contributed by atoms with E-state index in [1.54, 1.807) is 6.20 Å². The third kappa shape index (κ3) is 2.60. The predicted octanol–water partition coefficient (Wildman–Crippen LogP) is 3.54. The largest absolute Gasteiger partial charge is 0.333 e. The van der Waals surface area contributed by atoms with E-state index in [4.69, 9.17) is 11.6 Å². The first-order chi connectivity index (χ1) is 9.76. The molecule has 3 rings (SSSR count).